The first kappa shape index (κ1) is 23.8. The molecule has 0 spiro atoms. The van der Waals surface area contributed by atoms with E-state index < -0.39 is 0 Å². The molecule has 2 aliphatic heterocycles. The van der Waals surface area contributed by atoms with E-state index in [1.54, 1.807) is 6.92 Å². The maximum atomic E-state index is 12.8. The minimum absolute atomic E-state index is 0.124. The zero-order valence-corrected chi connectivity index (χ0v) is 21.8. The fraction of sp³-hybridized carbons (Fsp3) is 0.467. The summed E-state index contributed by atoms with van der Waals surface area (Å²) in [4.78, 5) is 22.5. The quantitative estimate of drug-likeness (QED) is 0.413. The number of anilines is 1. The van der Waals surface area contributed by atoms with Crippen molar-refractivity contribution in [3.8, 4) is 0 Å². The van der Waals surface area contributed by atoms with Crippen LogP contribution in [0.4, 0.5) is 5.69 Å². The number of rotatable bonds is 6. The SMILES string of the molecule is CCC(C)/C(=C\c1ccc(N2CCN3CCC[C@@H]3C2)cc1C(C)=O)c1cc2c(C)nc(C)cn2c1. The molecule has 0 N–H and O–H groups in total. The second kappa shape index (κ2) is 9.62. The Balaban J connectivity index is 1.53. The van der Waals surface area contributed by atoms with Gasteiger partial charge in [0, 0.05) is 49.3 Å². The molecule has 1 aromatic carbocycles. The average Bonchev–Trinajstić information content (AvgIpc) is 3.48. The third-order valence-corrected chi connectivity index (χ3v) is 8.05. The number of benzene rings is 1. The number of fused-ring (bicyclic) bond motifs is 2. The molecule has 35 heavy (non-hydrogen) atoms. The molecular weight excluding hydrogens is 432 g/mol. The number of carbonyl (C=O) groups excluding carboxylic acids is 1. The smallest absolute Gasteiger partial charge is 0.160 e. The Morgan fingerprint density at radius 3 is 2.77 bits per heavy atom. The summed E-state index contributed by atoms with van der Waals surface area (Å²) in [6.07, 6.45) is 10.2. The summed E-state index contributed by atoms with van der Waals surface area (Å²) in [6, 6.07) is 9.39. The van der Waals surface area contributed by atoms with Crippen LogP contribution in [0.3, 0.4) is 0 Å². The molecule has 0 amide bonds. The maximum absolute atomic E-state index is 12.8. The zero-order valence-electron chi connectivity index (χ0n) is 21.8. The van der Waals surface area contributed by atoms with Crippen LogP contribution in [0.25, 0.3) is 17.2 Å². The second-order valence-electron chi connectivity index (χ2n) is 10.5. The molecule has 2 atom stereocenters. The number of aryl methyl sites for hydroxylation is 2. The zero-order chi connectivity index (χ0) is 24.7. The predicted molar refractivity (Wildman–Crippen MR) is 145 cm³/mol. The number of Topliss-reactive ketones (excluding diaryl/α,β-unsaturated/α-hetero) is 1. The van der Waals surface area contributed by atoms with Crippen LogP contribution >= 0.6 is 0 Å². The summed E-state index contributed by atoms with van der Waals surface area (Å²) in [6.45, 7) is 14.7. The first-order chi connectivity index (χ1) is 16.8. The van der Waals surface area contributed by atoms with Gasteiger partial charge in [0.2, 0.25) is 0 Å². The molecule has 0 bridgehead atoms. The van der Waals surface area contributed by atoms with Crippen LogP contribution in [-0.4, -0.2) is 52.3 Å². The molecule has 2 saturated heterocycles. The average molecular weight is 471 g/mol. The van der Waals surface area contributed by atoms with E-state index in [1.165, 1.54) is 36.2 Å². The van der Waals surface area contributed by atoms with Crippen LogP contribution in [0.5, 0.6) is 0 Å². The summed E-state index contributed by atoms with van der Waals surface area (Å²) in [5.74, 6) is 0.496. The van der Waals surface area contributed by atoms with Crippen LogP contribution in [0.1, 0.15) is 72.9 Å². The van der Waals surface area contributed by atoms with Gasteiger partial charge >= 0.3 is 0 Å². The molecule has 3 aromatic rings. The predicted octanol–water partition coefficient (Wildman–Crippen LogP) is 6.02. The normalized spacial score (nSPS) is 19.9. The van der Waals surface area contributed by atoms with E-state index in [9.17, 15) is 4.79 Å². The van der Waals surface area contributed by atoms with Gasteiger partial charge in [-0.1, -0.05) is 26.0 Å². The van der Waals surface area contributed by atoms with Gasteiger partial charge in [0.1, 0.15) is 0 Å². The van der Waals surface area contributed by atoms with Crippen molar-refractivity contribution in [3.05, 3.63) is 64.7 Å². The second-order valence-corrected chi connectivity index (χ2v) is 10.5. The first-order valence-corrected chi connectivity index (χ1v) is 13.2. The highest BCUT2D eigenvalue weighted by Gasteiger charge is 2.30. The molecule has 0 saturated carbocycles. The monoisotopic (exact) mass is 470 g/mol. The lowest BCUT2D eigenvalue weighted by atomic mass is 9.90. The molecule has 2 aliphatic rings. The van der Waals surface area contributed by atoms with Gasteiger partial charge < -0.3 is 9.30 Å². The van der Waals surface area contributed by atoms with Crippen molar-refractivity contribution in [2.75, 3.05) is 31.1 Å². The third kappa shape index (κ3) is 4.66. The summed E-state index contributed by atoms with van der Waals surface area (Å²) in [5, 5.41) is 0. The summed E-state index contributed by atoms with van der Waals surface area (Å²) >= 11 is 0. The fourth-order valence-electron chi connectivity index (χ4n) is 5.88. The van der Waals surface area contributed by atoms with E-state index >= 15 is 0 Å². The van der Waals surface area contributed by atoms with Crippen LogP contribution in [-0.2, 0) is 0 Å². The Morgan fingerprint density at radius 1 is 1.17 bits per heavy atom. The van der Waals surface area contributed by atoms with Gasteiger partial charge in [-0.3, -0.25) is 14.7 Å². The van der Waals surface area contributed by atoms with Crippen molar-refractivity contribution in [3.63, 3.8) is 0 Å². The van der Waals surface area contributed by atoms with Crippen LogP contribution in [0.15, 0.2) is 36.7 Å². The minimum atomic E-state index is 0.124. The number of allylic oxidation sites excluding steroid dienone is 1. The van der Waals surface area contributed by atoms with Gasteiger partial charge in [0.15, 0.2) is 5.78 Å². The van der Waals surface area contributed by atoms with Crippen molar-refractivity contribution >= 4 is 28.6 Å². The molecule has 0 aliphatic carbocycles. The first-order valence-electron chi connectivity index (χ1n) is 13.2. The highest BCUT2D eigenvalue weighted by atomic mass is 16.1. The molecule has 184 valence electrons. The van der Waals surface area contributed by atoms with Gasteiger partial charge in [-0.05, 0) is 87.4 Å². The topological polar surface area (TPSA) is 40.8 Å². The lowest BCUT2D eigenvalue weighted by Gasteiger charge is -2.39. The Kier molecular flexibility index (Phi) is 6.54. The highest BCUT2D eigenvalue weighted by molar-refractivity contribution is 6.00. The number of aromatic nitrogens is 2. The fourth-order valence-corrected chi connectivity index (χ4v) is 5.88. The minimum Gasteiger partial charge on any atom is -0.369 e. The summed E-state index contributed by atoms with van der Waals surface area (Å²) in [7, 11) is 0. The van der Waals surface area contributed by atoms with Gasteiger partial charge in [0.05, 0.1) is 16.9 Å². The van der Waals surface area contributed by atoms with Gasteiger partial charge in [-0.2, -0.15) is 0 Å². The summed E-state index contributed by atoms with van der Waals surface area (Å²) in [5.41, 5.74) is 8.65. The molecule has 5 heteroatoms. The van der Waals surface area contributed by atoms with Crippen molar-refractivity contribution < 1.29 is 4.79 Å². The molecule has 5 nitrogen and oxygen atoms in total. The van der Waals surface area contributed by atoms with E-state index in [4.69, 9.17) is 0 Å². The van der Waals surface area contributed by atoms with Crippen molar-refractivity contribution in [1.29, 1.82) is 0 Å². The number of nitrogens with zero attached hydrogens (tertiary/aromatic N) is 4. The largest absolute Gasteiger partial charge is 0.369 e. The maximum Gasteiger partial charge on any atom is 0.160 e. The van der Waals surface area contributed by atoms with Crippen LogP contribution < -0.4 is 4.90 Å². The van der Waals surface area contributed by atoms with Gasteiger partial charge in [0.25, 0.3) is 0 Å². The molecule has 5 rings (SSSR count). The van der Waals surface area contributed by atoms with Crippen LogP contribution in [0.2, 0.25) is 0 Å². The molecular formula is C30H38N4O. The molecule has 0 radical (unpaired) electrons. The highest BCUT2D eigenvalue weighted by Crippen LogP contribution is 2.33. The third-order valence-electron chi connectivity index (χ3n) is 8.05. The number of ketones is 1. The number of hydrogen-bond donors (Lipinski definition) is 0. The standard InChI is InChI=1S/C30H38N4O/c1-6-20(2)28(25-15-30-22(4)31-21(3)17-34(30)18-25)14-24-9-10-26(16-29(24)23(5)35)33-13-12-32-11-7-8-27(32)19-33/h9-10,14-18,20,27H,6-8,11-13,19H2,1-5H3/b28-14+/t20?,27-/m1/s1. The molecule has 2 aromatic heterocycles. The Labute approximate surface area is 209 Å². The van der Waals surface area contributed by atoms with Crippen molar-refractivity contribution in [1.82, 2.24) is 14.3 Å². The number of hydrogen-bond acceptors (Lipinski definition) is 4. The molecule has 4 heterocycles. The summed E-state index contributed by atoms with van der Waals surface area (Å²) < 4.78 is 2.18. The number of piperazine rings is 1. The Morgan fingerprint density at radius 2 is 2.00 bits per heavy atom. The van der Waals surface area contributed by atoms with Crippen molar-refractivity contribution in [2.45, 2.75) is 59.9 Å². The van der Waals surface area contributed by atoms with Gasteiger partial charge in [-0.15, -0.1) is 0 Å². The number of carbonyl (C=O) groups is 1. The van der Waals surface area contributed by atoms with E-state index in [1.807, 2.05) is 6.92 Å². The van der Waals surface area contributed by atoms with E-state index in [0.29, 0.717) is 12.0 Å². The lowest BCUT2D eigenvalue weighted by molar-refractivity contribution is 0.101. The van der Waals surface area contributed by atoms with Gasteiger partial charge in [-0.25, -0.2) is 0 Å². The van der Waals surface area contributed by atoms with E-state index in [-0.39, 0.29) is 5.78 Å². The Bertz CT molecular complexity index is 1290. The van der Waals surface area contributed by atoms with Crippen molar-refractivity contribution in [2.24, 2.45) is 5.92 Å². The van der Waals surface area contributed by atoms with E-state index in [2.05, 4.69) is 82.7 Å². The Hall–Kier alpha value is -2.92. The van der Waals surface area contributed by atoms with Crippen LogP contribution in [0, 0.1) is 19.8 Å². The lowest BCUT2D eigenvalue weighted by Crippen LogP contribution is -2.50. The molecule has 2 fully saturated rings. The van der Waals surface area contributed by atoms with E-state index in [0.717, 1.165) is 54.1 Å². The molecule has 1 unspecified atom stereocenters.